The highest BCUT2D eigenvalue weighted by Crippen LogP contribution is 2.35. The molecule has 0 aliphatic rings. The summed E-state index contributed by atoms with van der Waals surface area (Å²) in [4.78, 5) is 0.989. The number of aliphatic hydroxyl groups excluding tert-OH is 1. The number of hydrogen-bond acceptors (Lipinski definition) is 2. The lowest BCUT2D eigenvalue weighted by atomic mass is 10.00. The minimum Gasteiger partial charge on any atom is -0.383 e. The summed E-state index contributed by atoms with van der Waals surface area (Å²) in [5, 5.41) is 10.4. The van der Waals surface area contributed by atoms with Crippen LogP contribution < -0.4 is 0 Å². The average Bonchev–Trinajstić information content (AvgIpc) is 2.62. The molecule has 1 aromatic carbocycles. The van der Waals surface area contributed by atoms with Crippen molar-refractivity contribution in [1.29, 1.82) is 0 Å². The van der Waals surface area contributed by atoms with Crippen LogP contribution in [0.25, 0.3) is 0 Å². The van der Waals surface area contributed by atoms with E-state index in [4.69, 9.17) is 0 Å². The molecule has 0 bridgehead atoms. The second kappa shape index (κ2) is 4.92. The fraction of sp³-hybridized carbons (Fsp3) is 0.286. The van der Waals surface area contributed by atoms with Crippen LogP contribution in [0, 0.1) is 20.8 Å². The van der Waals surface area contributed by atoms with Crippen molar-refractivity contribution in [2.24, 2.45) is 0 Å². The number of aliphatic hydroxyl groups is 1. The van der Waals surface area contributed by atoms with Crippen LogP contribution in [0.5, 0.6) is 0 Å². The molecule has 1 unspecified atom stereocenters. The molecule has 0 radical (unpaired) electrons. The molecule has 1 nitrogen and oxygen atoms in total. The quantitative estimate of drug-likeness (QED) is 0.864. The van der Waals surface area contributed by atoms with Crippen molar-refractivity contribution in [2.75, 3.05) is 0 Å². The summed E-state index contributed by atoms with van der Waals surface area (Å²) in [6, 6.07) is 8.23. The number of benzene rings is 1. The van der Waals surface area contributed by atoms with Crippen molar-refractivity contribution >= 4 is 27.3 Å². The molecule has 0 fully saturated rings. The maximum absolute atomic E-state index is 10.4. The van der Waals surface area contributed by atoms with Gasteiger partial charge in [-0.1, -0.05) is 23.8 Å². The van der Waals surface area contributed by atoms with Gasteiger partial charge in [-0.05, 0) is 59.5 Å². The van der Waals surface area contributed by atoms with Crippen LogP contribution in [0.3, 0.4) is 0 Å². The third kappa shape index (κ3) is 2.62. The first-order valence-corrected chi connectivity index (χ1v) is 7.11. The van der Waals surface area contributed by atoms with Gasteiger partial charge in [-0.15, -0.1) is 11.3 Å². The summed E-state index contributed by atoms with van der Waals surface area (Å²) in [6.07, 6.45) is -0.523. The molecule has 1 heterocycles. The van der Waals surface area contributed by atoms with E-state index in [0.717, 1.165) is 19.8 Å². The fourth-order valence-electron chi connectivity index (χ4n) is 1.83. The molecule has 1 aromatic heterocycles. The second-order valence-electron chi connectivity index (χ2n) is 4.37. The summed E-state index contributed by atoms with van der Waals surface area (Å²) in [5.74, 6) is 0. The molecule has 0 spiro atoms. The molecule has 90 valence electrons. The third-order valence-corrected chi connectivity index (χ3v) is 5.06. The van der Waals surface area contributed by atoms with Crippen molar-refractivity contribution in [3.05, 3.63) is 55.2 Å². The van der Waals surface area contributed by atoms with Gasteiger partial charge in [0.1, 0.15) is 6.10 Å². The first-order chi connectivity index (χ1) is 7.99. The second-order valence-corrected chi connectivity index (χ2v) is 6.77. The largest absolute Gasteiger partial charge is 0.383 e. The van der Waals surface area contributed by atoms with Gasteiger partial charge in [0, 0.05) is 4.88 Å². The van der Waals surface area contributed by atoms with Gasteiger partial charge >= 0.3 is 0 Å². The van der Waals surface area contributed by atoms with E-state index in [1.807, 2.05) is 26.8 Å². The Labute approximate surface area is 114 Å². The van der Waals surface area contributed by atoms with Gasteiger partial charge in [0.05, 0.1) is 3.79 Å². The zero-order valence-corrected chi connectivity index (χ0v) is 12.5. The van der Waals surface area contributed by atoms with Crippen molar-refractivity contribution in [3.63, 3.8) is 0 Å². The predicted molar refractivity (Wildman–Crippen MR) is 76.7 cm³/mol. The number of aryl methyl sites for hydroxylation is 3. The Kier molecular flexibility index (Phi) is 3.71. The molecule has 0 amide bonds. The topological polar surface area (TPSA) is 20.2 Å². The summed E-state index contributed by atoms with van der Waals surface area (Å²) in [5.41, 5.74) is 4.48. The normalized spacial score (nSPS) is 12.8. The minimum atomic E-state index is -0.523. The molecule has 1 atom stereocenters. The average molecular weight is 311 g/mol. The summed E-state index contributed by atoms with van der Waals surface area (Å²) < 4.78 is 1.09. The number of hydrogen-bond donors (Lipinski definition) is 1. The summed E-state index contributed by atoms with van der Waals surface area (Å²) >= 11 is 5.10. The Hall–Kier alpha value is -0.640. The van der Waals surface area contributed by atoms with E-state index in [0.29, 0.717) is 0 Å². The molecular weight excluding hydrogens is 296 g/mol. The molecule has 0 aliphatic carbocycles. The zero-order chi connectivity index (χ0) is 12.6. The first kappa shape index (κ1) is 12.8. The summed E-state index contributed by atoms with van der Waals surface area (Å²) in [7, 11) is 0. The lowest BCUT2D eigenvalue weighted by molar-refractivity contribution is 0.223. The van der Waals surface area contributed by atoms with Gasteiger partial charge in [-0.3, -0.25) is 0 Å². The van der Waals surface area contributed by atoms with E-state index < -0.39 is 6.10 Å². The van der Waals surface area contributed by atoms with Crippen molar-refractivity contribution in [1.82, 2.24) is 0 Å². The standard InChI is InChI=1S/C14H15BrOS/c1-8-4-5-9(2)11(6-8)13(16)12-7-10(3)14(15)17-12/h4-7,13,16H,1-3H3. The Morgan fingerprint density at radius 1 is 1.12 bits per heavy atom. The monoisotopic (exact) mass is 310 g/mol. The lowest BCUT2D eigenvalue weighted by Gasteiger charge is -2.13. The molecule has 3 heteroatoms. The Bertz CT molecular complexity index is 526. The highest BCUT2D eigenvalue weighted by atomic mass is 79.9. The smallest absolute Gasteiger partial charge is 0.113 e. The van der Waals surface area contributed by atoms with Gasteiger partial charge in [-0.25, -0.2) is 0 Å². The molecule has 0 aliphatic heterocycles. The maximum Gasteiger partial charge on any atom is 0.113 e. The van der Waals surface area contributed by atoms with Crippen LogP contribution in [0.2, 0.25) is 0 Å². The minimum absolute atomic E-state index is 0.523. The van der Waals surface area contributed by atoms with Gasteiger partial charge < -0.3 is 5.11 Å². The molecule has 0 saturated carbocycles. The van der Waals surface area contributed by atoms with Gasteiger partial charge in [0.25, 0.3) is 0 Å². The summed E-state index contributed by atoms with van der Waals surface area (Å²) in [6.45, 7) is 6.12. The molecule has 1 N–H and O–H groups in total. The highest BCUT2D eigenvalue weighted by Gasteiger charge is 2.16. The van der Waals surface area contributed by atoms with Crippen LogP contribution >= 0.6 is 27.3 Å². The SMILES string of the molecule is Cc1ccc(C)c(C(O)c2cc(C)c(Br)s2)c1. The van der Waals surface area contributed by atoms with E-state index in [-0.39, 0.29) is 0 Å². The Balaban J connectivity index is 2.42. The number of halogens is 1. The maximum atomic E-state index is 10.4. The van der Waals surface area contributed by atoms with E-state index in [9.17, 15) is 5.11 Å². The van der Waals surface area contributed by atoms with Crippen LogP contribution in [0.1, 0.15) is 33.2 Å². The van der Waals surface area contributed by atoms with E-state index in [1.165, 1.54) is 11.1 Å². The van der Waals surface area contributed by atoms with Crippen LogP contribution in [0.15, 0.2) is 28.1 Å². The van der Waals surface area contributed by atoms with Crippen LogP contribution in [-0.4, -0.2) is 5.11 Å². The zero-order valence-electron chi connectivity index (χ0n) is 10.1. The molecule has 2 aromatic rings. The van der Waals surface area contributed by atoms with Crippen molar-refractivity contribution < 1.29 is 5.11 Å². The molecule has 2 rings (SSSR count). The highest BCUT2D eigenvalue weighted by molar-refractivity contribution is 9.11. The molecule has 0 saturated heterocycles. The van der Waals surface area contributed by atoms with E-state index in [1.54, 1.807) is 11.3 Å². The van der Waals surface area contributed by atoms with Crippen LogP contribution in [0.4, 0.5) is 0 Å². The molecule has 17 heavy (non-hydrogen) atoms. The molecular formula is C14H15BrOS. The van der Waals surface area contributed by atoms with Gasteiger partial charge in [0.2, 0.25) is 0 Å². The van der Waals surface area contributed by atoms with E-state index >= 15 is 0 Å². The third-order valence-electron chi connectivity index (χ3n) is 2.88. The Morgan fingerprint density at radius 2 is 1.82 bits per heavy atom. The van der Waals surface area contributed by atoms with Crippen LogP contribution in [-0.2, 0) is 0 Å². The Morgan fingerprint density at radius 3 is 2.41 bits per heavy atom. The van der Waals surface area contributed by atoms with Gasteiger partial charge in [0.15, 0.2) is 0 Å². The number of rotatable bonds is 2. The predicted octanol–water partition coefficient (Wildman–Crippen LogP) is 4.52. The first-order valence-electron chi connectivity index (χ1n) is 5.50. The van der Waals surface area contributed by atoms with Crippen molar-refractivity contribution in [3.8, 4) is 0 Å². The van der Waals surface area contributed by atoms with Crippen molar-refractivity contribution in [2.45, 2.75) is 26.9 Å². The number of thiophene rings is 1. The van der Waals surface area contributed by atoms with Gasteiger partial charge in [-0.2, -0.15) is 0 Å². The lowest BCUT2D eigenvalue weighted by Crippen LogP contribution is -2.00. The van der Waals surface area contributed by atoms with E-state index in [2.05, 4.69) is 34.1 Å². The fourth-order valence-corrected chi connectivity index (χ4v) is 3.40.